The smallest absolute Gasteiger partial charge is 0.321 e. The van der Waals surface area contributed by atoms with Crippen molar-refractivity contribution in [2.24, 2.45) is 5.92 Å². The molecule has 3 rings (SSSR count). The number of pyridine rings is 1. The van der Waals surface area contributed by atoms with Gasteiger partial charge in [-0.1, -0.05) is 6.07 Å². The summed E-state index contributed by atoms with van der Waals surface area (Å²) < 4.78 is 0. The molecule has 17 heavy (non-hydrogen) atoms. The van der Waals surface area contributed by atoms with Gasteiger partial charge in [0.2, 0.25) is 0 Å². The monoisotopic (exact) mass is 231 g/mol. The number of urea groups is 1. The number of fused-ring (bicyclic) bond motifs is 1. The SMILES string of the molecule is Cc1cccc(NC(=O)N2CCCC3CC32)n1. The Morgan fingerprint density at radius 3 is 3.24 bits per heavy atom. The van der Waals surface area contributed by atoms with Gasteiger partial charge in [-0.2, -0.15) is 0 Å². The molecule has 2 atom stereocenters. The van der Waals surface area contributed by atoms with Crippen molar-refractivity contribution in [3.63, 3.8) is 0 Å². The summed E-state index contributed by atoms with van der Waals surface area (Å²) in [5, 5.41) is 2.89. The molecule has 2 amide bonds. The number of rotatable bonds is 1. The fourth-order valence-corrected chi connectivity index (χ4v) is 2.66. The van der Waals surface area contributed by atoms with E-state index in [9.17, 15) is 4.79 Å². The quantitative estimate of drug-likeness (QED) is 0.806. The molecule has 2 fully saturated rings. The number of anilines is 1. The lowest BCUT2D eigenvalue weighted by Crippen LogP contribution is -2.40. The van der Waals surface area contributed by atoms with Crippen molar-refractivity contribution in [2.75, 3.05) is 11.9 Å². The van der Waals surface area contributed by atoms with E-state index in [0.29, 0.717) is 11.9 Å². The molecule has 4 heteroatoms. The zero-order valence-corrected chi connectivity index (χ0v) is 10.0. The zero-order chi connectivity index (χ0) is 11.8. The number of likely N-dealkylation sites (tertiary alicyclic amines) is 1. The number of amides is 2. The van der Waals surface area contributed by atoms with Crippen LogP contribution in [0.4, 0.5) is 10.6 Å². The number of aryl methyl sites for hydroxylation is 1. The summed E-state index contributed by atoms with van der Waals surface area (Å²) in [7, 11) is 0. The third-order valence-corrected chi connectivity index (χ3v) is 3.64. The summed E-state index contributed by atoms with van der Waals surface area (Å²) in [6.07, 6.45) is 3.61. The van der Waals surface area contributed by atoms with Crippen LogP contribution in [-0.2, 0) is 0 Å². The van der Waals surface area contributed by atoms with Crippen LogP contribution in [0.5, 0.6) is 0 Å². The molecule has 2 unspecified atom stereocenters. The maximum atomic E-state index is 12.1. The van der Waals surface area contributed by atoms with Crippen LogP contribution in [-0.4, -0.2) is 28.5 Å². The Bertz CT molecular complexity index is 446. The van der Waals surface area contributed by atoms with Crippen molar-refractivity contribution in [3.8, 4) is 0 Å². The second-order valence-corrected chi connectivity index (χ2v) is 4.99. The maximum Gasteiger partial charge on any atom is 0.323 e. The fraction of sp³-hybridized carbons (Fsp3) is 0.538. The molecule has 0 bridgehead atoms. The predicted molar refractivity (Wildman–Crippen MR) is 65.8 cm³/mol. The van der Waals surface area contributed by atoms with E-state index in [-0.39, 0.29) is 6.03 Å². The second-order valence-electron chi connectivity index (χ2n) is 4.99. The molecule has 90 valence electrons. The van der Waals surface area contributed by atoms with Gasteiger partial charge in [0.15, 0.2) is 0 Å². The average Bonchev–Trinajstić information content (AvgIpc) is 3.07. The van der Waals surface area contributed by atoms with Crippen LogP contribution in [0.25, 0.3) is 0 Å². The van der Waals surface area contributed by atoms with Crippen molar-refractivity contribution in [3.05, 3.63) is 23.9 Å². The first-order valence-corrected chi connectivity index (χ1v) is 6.25. The summed E-state index contributed by atoms with van der Waals surface area (Å²) in [6.45, 7) is 2.81. The number of aromatic nitrogens is 1. The highest BCUT2D eigenvalue weighted by atomic mass is 16.2. The van der Waals surface area contributed by atoms with Gasteiger partial charge in [-0.05, 0) is 44.2 Å². The van der Waals surface area contributed by atoms with Crippen molar-refractivity contribution in [1.29, 1.82) is 0 Å². The molecule has 0 radical (unpaired) electrons. The number of carbonyl (C=O) groups excluding carboxylic acids is 1. The molecule has 1 saturated heterocycles. The van der Waals surface area contributed by atoms with Crippen LogP contribution in [0.2, 0.25) is 0 Å². The molecule has 0 spiro atoms. The first-order valence-electron chi connectivity index (χ1n) is 6.25. The summed E-state index contributed by atoms with van der Waals surface area (Å²) in [6, 6.07) is 6.17. The summed E-state index contributed by atoms with van der Waals surface area (Å²) in [4.78, 5) is 18.3. The molecule has 1 aliphatic heterocycles. The van der Waals surface area contributed by atoms with Crippen LogP contribution >= 0.6 is 0 Å². The Morgan fingerprint density at radius 1 is 1.53 bits per heavy atom. The van der Waals surface area contributed by atoms with Gasteiger partial charge in [0.25, 0.3) is 0 Å². The van der Waals surface area contributed by atoms with E-state index >= 15 is 0 Å². The minimum Gasteiger partial charge on any atom is -0.321 e. The second kappa shape index (κ2) is 4.02. The van der Waals surface area contributed by atoms with Crippen LogP contribution in [0.3, 0.4) is 0 Å². The van der Waals surface area contributed by atoms with Crippen molar-refractivity contribution in [2.45, 2.75) is 32.2 Å². The molecule has 2 aliphatic rings. The standard InChI is InChI=1S/C13H17N3O/c1-9-4-2-6-12(14-9)15-13(17)16-7-3-5-10-8-11(10)16/h2,4,6,10-11H,3,5,7-8H2,1H3,(H,14,15,17). The molecule has 4 nitrogen and oxygen atoms in total. The lowest BCUT2D eigenvalue weighted by Gasteiger charge is -2.26. The van der Waals surface area contributed by atoms with Gasteiger partial charge in [-0.15, -0.1) is 0 Å². The van der Waals surface area contributed by atoms with Gasteiger partial charge in [-0.3, -0.25) is 5.32 Å². The highest BCUT2D eigenvalue weighted by molar-refractivity contribution is 5.88. The normalized spacial score (nSPS) is 26.3. The third kappa shape index (κ3) is 2.12. The van der Waals surface area contributed by atoms with Crippen molar-refractivity contribution in [1.82, 2.24) is 9.88 Å². The Morgan fingerprint density at radius 2 is 2.41 bits per heavy atom. The van der Waals surface area contributed by atoms with Gasteiger partial charge in [-0.25, -0.2) is 9.78 Å². The molecule has 1 saturated carbocycles. The number of hydrogen-bond donors (Lipinski definition) is 1. The minimum atomic E-state index is 0.00954. The van der Waals surface area contributed by atoms with Crippen LogP contribution < -0.4 is 5.32 Å². The summed E-state index contributed by atoms with van der Waals surface area (Å²) in [5.74, 6) is 1.41. The van der Waals surface area contributed by atoms with Crippen molar-refractivity contribution < 1.29 is 4.79 Å². The zero-order valence-electron chi connectivity index (χ0n) is 10.0. The van der Waals surface area contributed by atoms with E-state index in [2.05, 4.69) is 10.3 Å². The highest BCUT2D eigenvalue weighted by Gasteiger charge is 2.46. The Labute approximate surface area is 101 Å². The number of piperidine rings is 1. The first-order chi connectivity index (χ1) is 8.24. The number of carbonyl (C=O) groups is 1. The summed E-state index contributed by atoms with van der Waals surface area (Å²) in [5.41, 5.74) is 0.922. The van der Waals surface area contributed by atoms with E-state index in [4.69, 9.17) is 0 Å². The van der Waals surface area contributed by atoms with Gasteiger partial charge in [0, 0.05) is 18.3 Å². The molecule has 1 N–H and O–H groups in total. The molecule has 0 aromatic carbocycles. The predicted octanol–water partition coefficient (Wildman–Crippen LogP) is 2.41. The Kier molecular flexibility index (Phi) is 2.50. The molecule has 1 aromatic heterocycles. The van der Waals surface area contributed by atoms with Crippen LogP contribution in [0, 0.1) is 12.8 Å². The van der Waals surface area contributed by atoms with Gasteiger partial charge >= 0.3 is 6.03 Å². The van der Waals surface area contributed by atoms with Crippen molar-refractivity contribution >= 4 is 11.8 Å². The fourth-order valence-electron chi connectivity index (χ4n) is 2.66. The Hall–Kier alpha value is -1.58. The van der Waals surface area contributed by atoms with Gasteiger partial charge in [0.1, 0.15) is 5.82 Å². The number of nitrogens with one attached hydrogen (secondary N) is 1. The van der Waals surface area contributed by atoms with E-state index in [1.54, 1.807) is 0 Å². The number of hydrogen-bond acceptors (Lipinski definition) is 2. The molecule has 1 aliphatic carbocycles. The molecular formula is C13H17N3O. The van der Waals surface area contributed by atoms with Crippen LogP contribution in [0.15, 0.2) is 18.2 Å². The molecular weight excluding hydrogens is 214 g/mol. The lowest BCUT2D eigenvalue weighted by atomic mass is 10.1. The molecule has 1 aromatic rings. The van der Waals surface area contributed by atoms with E-state index in [0.717, 1.165) is 24.6 Å². The maximum absolute atomic E-state index is 12.1. The third-order valence-electron chi connectivity index (χ3n) is 3.64. The van der Waals surface area contributed by atoms with E-state index in [1.807, 2.05) is 30.0 Å². The summed E-state index contributed by atoms with van der Waals surface area (Å²) >= 11 is 0. The van der Waals surface area contributed by atoms with Gasteiger partial charge in [0.05, 0.1) is 0 Å². The van der Waals surface area contributed by atoms with Crippen LogP contribution in [0.1, 0.15) is 25.0 Å². The highest BCUT2D eigenvalue weighted by Crippen LogP contribution is 2.43. The largest absolute Gasteiger partial charge is 0.323 e. The first kappa shape index (κ1) is 10.6. The Balaban J connectivity index is 1.67. The van der Waals surface area contributed by atoms with Gasteiger partial charge < -0.3 is 4.90 Å². The van der Waals surface area contributed by atoms with E-state index in [1.165, 1.54) is 12.8 Å². The molecule has 2 heterocycles. The average molecular weight is 231 g/mol. The number of nitrogens with zero attached hydrogens (tertiary/aromatic N) is 2. The van der Waals surface area contributed by atoms with E-state index < -0.39 is 0 Å². The minimum absolute atomic E-state index is 0.00954. The lowest BCUT2D eigenvalue weighted by molar-refractivity contribution is 0.195. The topological polar surface area (TPSA) is 45.2 Å².